The zero-order chi connectivity index (χ0) is 18.7. The van der Waals surface area contributed by atoms with Crippen LogP contribution in [0.2, 0.25) is 0 Å². The number of aromatic nitrogens is 2. The molecule has 6 N–H and O–H groups in total. The smallest absolute Gasteiger partial charge is 0.388 e. The molecule has 0 bridgehead atoms. The van der Waals surface area contributed by atoms with Gasteiger partial charge in [-0.3, -0.25) is 9.78 Å². The molecule has 2 heterocycles. The lowest BCUT2D eigenvalue weighted by Crippen LogP contribution is -2.34. The number of H-pyrrole nitrogens is 1. The molecule has 1 unspecified atom stereocenters. The molecule has 1 fully saturated rings. The van der Waals surface area contributed by atoms with Gasteiger partial charge in [-0.25, -0.2) is 4.99 Å². The van der Waals surface area contributed by atoms with Crippen LogP contribution in [0.5, 0.6) is 0 Å². The Labute approximate surface area is 143 Å². The predicted molar refractivity (Wildman–Crippen MR) is 88.4 cm³/mol. The van der Waals surface area contributed by atoms with E-state index in [9.17, 15) is 13.6 Å². The lowest BCUT2D eigenvalue weighted by molar-refractivity contribution is -0.0966. The topological polar surface area (TPSA) is 141 Å². The number of piperidine rings is 1. The van der Waals surface area contributed by atoms with Gasteiger partial charge in [-0.2, -0.15) is 8.78 Å². The molecule has 1 aliphatic rings. The van der Waals surface area contributed by atoms with Gasteiger partial charge in [-0.15, -0.1) is 0 Å². The SMILES string of the molecule is COC1CCCNC1.N/C(=C\C(N)=N/c1cncc(=O)[nH]1)OC(F)F. The molecule has 9 nitrogen and oxygen atoms in total. The first kappa shape index (κ1) is 20.5. The fraction of sp³-hybridized carbons (Fsp3) is 0.500. The molecular formula is C14H22F2N6O3. The van der Waals surface area contributed by atoms with Gasteiger partial charge in [0.2, 0.25) is 0 Å². The molecule has 1 aliphatic heterocycles. The van der Waals surface area contributed by atoms with E-state index in [0.717, 1.165) is 18.8 Å². The number of hydrogen-bond donors (Lipinski definition) is 4. The lowest BCUT2D eigenvalue weighted by Gasteiger charge is -2.20. The molecule has 1 aromatic rings. The van der Waals surface area contributed by atoms with Gasteiger partial charge >= 0.3 is 6.61 Å². The van der Waals surface area contributed by atoms with E-state index in [1.54, 1.807) is 7.11 Å². The summed E-state index contributed by atoms with van der Waals surface area (Å²) in [7, 11) is 1.78. The number of rotatable bonds is 5. The highest BCUT2D eigenvalue weighted by Gasteiger charge is 2.09. The van der Waals surface area contributed by atoms with Gasteiger partial charge in [-0.05, 0) is 19.4 Å². The standard InChI is InChI=1S/C8H9F2N5O2.C6H13NO/c9-8(10)17-5(12)1-4(11)14-6-2-13-3-7(16)15-6;1-8-6-3-2-4-7-5-6/h1-3,8H,12H2,(H3,11,14,15,16);6-7H,2-5H2,1H3/b5-1+;. The highest BCUT2D eigenvalue weighted by atomic mass is 19.3. The molecule has 1 aromatic heterocycles. The summed E-state index contributed by atoms with van der Waals surface area (Å²) in [6.07, 6.45) is 6.12. The summed E-state index contributed by atoms with van der Waals surface area (Å²) in [5.74, 6) is -0.740. The van der Waals surface area contributed by atoms with Gasteiger partial charge in [-0.1, -0.05) is 0 Å². The first-order valence-corrected chi connectivity index (χ1v) is 7.44. The van der Waals surface area contributed by atoms with Crippen LogP contribution >= 0.6 is 0 Å². The van der Waals surface area contributed by atoms with Gasteiger partial charge in [0.1, 0.15) is 5.84 Å². The average molecular weight is 360 g/mol. The molecule has 2 rings (SSSR count). The van der Waals surface area contributed by atoms with E-state index in [0.29, 0.717) is 6.10 Å². The minimum Gasteiger partial charge on any atom is -0.419 e. The van der Waals surface area contributed by atoms with Gasteiger partial charge in [0.25, 0.3) is 5.56 Å². The van der Waals surface area contributed by atoms with E-state index in [4.69, 9.17) is 16.2 Å². The van der Waals surface area contributed by atoms with Crippen molar-refractivity contribution in [1.82, 2.24) is 15.3 Å². The van der Waals surface area contributed by atoms with Gasteiger partial charge in [0, 0.05) is 19.7 Å². The fourth-order valence-electron chi connectivity index (χ4n) is 1.90. The lowest BCUT2D eigenvalue weighted by atomic mass is 10.1. The Kier molecular flexibility index (Phi) is 9.11. The maximum absolute atomic E-state index is 11.7. The molecule has 0 saturated carbocycles. The minimum absolute atomic E-state index is 0.0658. The third kappa shape index (κ3) is 9.37. The van der Waals surface area contributed by atoms with Crippen molar-refractivity contribution in [2.75, 3.05) is 20.2 Å². The van der Waals surface area contributed by atoms with E-state index >= 15 is 0 Å². The number of nitrogens with one attached hydrogen (secondary N) is 2. The van der Waals surface area contributed by atoms with E-state index in [1.807, 2.05) is 0 Å². The number of nitrogens with two attached hydrogens (primary N) is 2. The number of hydrogen-bond acceptors (Lipinski definition) is 7. The van der Waals surface area contributed by atoms with Crippen molar-refractivity contribution < 1.29 is 18.3 Å². The van der Waals surface area contributed by atoms with Gasteiger partial charge in [0.05, 0.1) is 18.5 Å². The largest absolute Gasteiger partial charge is 0.419 e. The number of ether oxygens (including phenoxy) is 2. The Balaban J connectivity index is 0.000000324. The molecule has 25 heavy (non-hydrogen) atoms. The summed E-state index contributed by atoms with van der Waals surface area (Å²) >= 11 is 0. The van der Waals surface area contributed by atoms with E-state index in [2.05, 4.69) is 25.0 Å². The second-order valence-electron chi connectivity index (χ2n) is 4.95. The van der Waals surface area contributed by atoms with Crippen molar-refractivity contribution in [3.63, 3.8) is 0 Å². The molecule has 0 spiro atoms. The highest BCUT2D eigenvalue weighted by molar-refractivity contribution is 5.93. The fourth-order valence-corrected chi connectivity index (χ4v) is 1.90. The van der Waals surface area contributed by atoms with E-state index in [-0.39, 0.29) is 11.7 Å². The third-order valence-corrected chi connectivity index (χ3v) is 2.99. The zero-order valence-electron chi connectivity index (χ0n) is 13.7. The van der Waals surface area contributed by atoms with E-state index in [1.165, 1.54) is 25.6 Å². The number of methoxy groups -OCH3 is 1. The number of aliphatic imine (C=N–C) groups is 1. The van der Waals surface area contributed by atoms with Crippen LogP contribution < -0.4 is 22.3 Å². The highest BCUT2D eigenvalue weighted by Crippen LogP contribution is 2.04. The van der Waals surface area contributed by atoms with Crippen LogP contribution in [-0.4, -0.2) is 48.7 Å². The van der Waals surface area contributed by atoms with Crippen molar-refractivity contribution in [2.45, 2.75) is 25.6 Å². The van der Waals surface area contributed by atoms with Crippen LogP contribution in [0.3, 0.4) is 0 Å². The molecule has 0 aromatic carbocycles. The quantitative estimate of drug-likeness (QED) is 0.333. The average Bonchev–Trinajstić information content (AvgIpc) is 2.55. The van der Waals surface area contributed by atoms with Crippen LogP contribution in [0, 0.1) is 0 Å². The van der Waals surface area contributed by atoms with Gasteiger partial charge < -0.3 is 31.2 Å². The van der Waals surface area contributed by atoms with Crippen molar-refractivity contribution in [1.29, 1.82) is 0 Å². The summed E-state index contributed by atoms with van der Waals surface area (Å²) in [6, 6.07) is 0. The normalized spacial score (nSPS) is 18.5. The molecule has 1 atom stereocenters. The number of halogens is 2. The molecule has 0 radical (unpaired) electrons. The van der Waals surface area contributed by atoms with Crippen LogP contribution in [-0.2, 0) is 9.47 Å². The van der Waals surface area contributed by atoms with E-state index < -0.39 is 18.1 Å². The van der Waals surface area contributed by atoms with Crippen molar-refractivity contribution >= 4 is 11.7 Å². The Morgan fingerprint density at radius 3 is 2.76 bits per heavy atom. The predicted octanol–water partition coefficient (Wildman–Crippen LogP) is 0.183. The molecule has 1 saturated heterocycles. The second-order valence-corrected chi connectivity index (χ2v) is 4.95. The maximum Gasteiger partial charge on any atom is 0.388 e. The summed E-state index contributed by atoms with van der Waals surface area (Å²) in [5, 5.41) is 3.26. The zero-order valence-corrected chi connectivity index (χ0v) is 13.7. The van der Waals surface area contributed by atoms with Gasteiger partial charge in [0.15, 0.2) is 11.7 Å². The van der Waals surface area contributed by atoms with Crippen molar-refractivity contribution in [2.24, 2.45) is 16.5 Å². The second kappa shape index (κ2) is 11.1. The Morgan fingerprint density at radius 2 is 2.24 bits per heavy atom. The number of aromatic amines is 1. The maximum atomic E-state index is 11.7. The number of alkyl halides is 2. The number of nitrogens with zero attached hydrogens (tertiary/aromatic N) is 2. The first-order valence-electron chi connectivity index (χ1n) is 7.44. The summed E-state index contributed by atoms with van der Waals surface area (Å²) < 4.78 is 32.4. The Bertz CT molecular complexity index is 629. The van der Waals surface area contributed by atoms with Crippen LogP contribution in [0.4, 0.5) is 14.6 Å². The van der Waals surface area contributed by atoms with Crippen molar-refractivity contribution in [3.05, 3.63) is 34.7 Å². The molecule has 0 aliphatic carbocycles. The summed E-state index contributed by atoms with van der Waals surface area (Å²) in [5.41, 5.74) is 9.95. The summed E-state index contributed by atoms with van der Waals surface area (Å²) in [6.45, 7) is -0.839. The molecule has 11 heteroatoms. The van der Waals surface area contributed by atoms with Crippen molar-refractivity contribution in [3.8, 4) is 0 Å². The van der Waals surface area contributed by atoms with Crippen LogP contribution in [0.1, 0.15) is 12.8 Å². The first-order chi connectivity index (χ1) is 11.9. The Morgan fingerprint density at radius 1 is 1.48 bits per heavy atom. The number of amidine groups is 1. The van der Waals surface area contributed by atoms with Crippen LogP contribution in [0.15, 0.2) is 34.1 Å². The molecule has 140 valence electrons. The third-order valence-electron chi connectivity index (χ3n) is 2.99. The Hall–Kier alpha value is -2.53. The molecular weight excluding hydrogens is 338 g/mol. The monoisotopic (exact) mass is 360 g/mol. The summed E-state index contributed by atoms with van der Waals surface area (Å²) in [4.78, 5) is 20.4. The van der Waals surface area contributed by atoms with Crippen LogP contribution in [0.25, 0.3) is 0 Å². The molecule has 0 amide bonds. The minimum atomic E-state index is -3.04.